The average molecular weight is 230 g/mol. The topological polar surface area (TPSA) is 33.4 Å². The molecular formula is C13H18N4. The maximum Gasteiger partial charge on any atom is 0.154 e. The van der Waals surface area contributed by atoms with E-state index in [2.05, 4.69) is 21.0 Å². The van der Waals surface area contributed by atoms with Crippen LogP contribution in [0.1, 0.15) is 31.4 Å². The van der Waals surface area contributed by atoms with Crippen LogP contribution in [-0.2, 0) is 0 Å². The van der Waals surface area contributed by atoms with Crippen LogP contribution in [0.4, 0.5) is 5.82 Å². The van der Waals surface area contributed by atoms with Crippen molar-refractivity contribution in [2.45, 2.75) is 32.6 Å². The standard InChI is InChI=1S/C13H18N4/c1-11-10-12-13(14-6-9-17(12)15-11)16-7-4-2-3-5-8-16/h6,9-10H,2-5,7-8H2,1H3. The fourth-order valence-electron chi connectivity index (χ4n) is 2.56. The molecule has 4 heteroatoms. The molecule has 0 unspecified atom stereocenters. The van der Waals surface area contributed by atoms with E-state index < -0.39 is 0 Å². The lowest BCUT2D eigenvalue weighted by atomic mass is 10.2. The smallest absolute Gasteiger partial charge is 0.154 e. The third kappa shape index (κ3) is 1.99. The van der Waals surface area contributed by atoms with Gasteiger partial charge in [-0.1, -0.05) is 12.8 Å². The van der Waals surface area contributed by atoms with E-state index in [0.717, 1.165) is 30.1 Å². The summed E-state index contributed by atoms with van der Waals surface area (Å²) in [6.45, 7) is 4.27. The van der Waals surface area contributed by atoms with Crippen LogP contribution >= 0.6 is 0 Å². The molecule has 0 saturated carbocycles. The van der Waals surface area contributed by atoms with Gasteiger partial charge in [0.25, 0.3) is 0 Å². The van der Waals surface area contributed by atoms with Crippen LogP contribution < -0.4 is 4.90 Å². The first-order valence-corrected chi connectivity index (χ1v) is 6.40. The number of aryl methyl sites for hydroxylation is 1. The summed E-state index contributed by atoms with van der Waals surface area (Å²) in [6, 6.07) is 2.12. The van der Waals surface area contributed by atoms with E-state index in [-0.39, 0.29) is 0 Å². The van der Waals surface area contributed by atoms with E-state index in [1.165, 1.54) is 25.7 Å². The van der Waals surface area contributed by atoms with Gasteiger partial charge in [0.15, 0.2) is 5.82 Å². The van der Waals surface area contributed by atoms with E-state index in [1.807, 2.05) is 23.8 Å². The Morgan fingerprint density at radius 2 is 1.88 bits per heavy atom. The molecule has 0 radical (unpaired) electrons. The van der Waals surface area contributed by atoms with Crippen molar-refractivity contribution in [2.24, 2.45) is 0 Å². The molecule has 1 saturated heterocycles. The number of anilines is 1. The van der Waals surface area contributed by atoms with Crippen LogP contribution in [0, 0.1) is 6.92 Å². The lowest BCUT2D eigenvalue weighted by Gasteiger charge is -2.21. The molecule has 0 aromatic carbocycles. The van der Waals surface area contributed by atoms with E-state index >= 15 is 0 Å². The molecule has 2 aromatic rings. The second kappa shape index (κ2) is 4.35. The number of rotatable bonds is 1. The van der Waals surface area contributed by atoms with Crippen LogP contribution in [0.3, 0.4) is 0 Å². The number of fused-ring (bicyclic) bond motifs is 1. The van der Waals surface area contributed by atoms with Crippen LogP contribution in [0.25, 0.3) is 5.52 Å². The SMILES string of the molecule is Cc1cc2c(N3CCCCCC3)nccn2n1. The summed E-state index contributed by atoms with van der Waals surface area (Å²) in [5.74, 6) is 1.09. The Morgan fingerprint density at radius 1 is 1.12 bits per heavy atom. The summed E-state index contributed by atoms with van der Waals surface area (Å²) in [5.41, 5.74) is 2.18. The summed E-state index contributed by atoms with van der Waals surface area (Å²) in [7, 11) is 0. The predicted octanol–water partition coefficient (Wildman–Crippen LogP) is 2.42. The highest BCUT2D eigenvalue weighted by atomic mass is 15.3. The Hall–Kier alpha value is -1.58. The van der Waals surface area contributed by atoms with E-state index in [0.29, 0.717) is 0 Å². The quantitative estimate of drug-likeness (QED) is 0.754. The van der Waals surface area contributed by atoms with Gasteiger partial charge in [0, 0.05) is 25.5 Å². The summed E-state index contributed by atoms with van der Waals surface area (Å²) < 4.78 is 1.93. The van der Waals surface area contributed by atoms with Crippen molar-refractivity contribution in [3.8, 4) is 0 Å². The Balaban J connectivity index is 2.03. The molecule has 1 aliphatic heterocycles. The zero-order chi connectivity index (χ0) is 11.7. The molecule has 0 N–H and O–H groups in total. The van der Waals surface area contributed by atoms with Crippen molar-refractivity contribution in [1.29, 1.82) is 0 Å². The number of hydrogen-bond donors (Lipinski definition) is 0. The minimum Gasteiger partial charge on any atom is -0.355 e. The zero-order valence-electron chi connectivity index (χ0n) is 10.3. The summed E-state index contributed by atoms with van der Waals surface area (Å²) in [4.78, 5) is 6.96. The number of nitrogens with zero attached hydrogens (tertiary/aromatic N) is 4. The minimum atomic E-state index is 1.05. The number of aromatic nitrogens is 3. The second-order valence-corrected chi connectivity index (χ2v) is 4.77. The zero-order valence-corrected chi connectivity index (χ0v) is 10.3. The Labute approximate surface area is 101 Å². The van der Waals surface area contributed by atoms with Crippen molar-refractivity contribution in [3.63, 3.8) is 0 Å². The van der Waals surface area contributed by atoms with Gasteiger partial charge in [-0.3, -0.25) is 0 Å². The molecule has 0 aliphatic carbocycles. The molecule has 0 spiro atoms. The van der Waals surface area contributed by atoms with Crippen LogP contribution in [0.2, 0.25) is 0 Å². The highest BCUT2D eigenvalue weighted by Crippen LogP contribution is 2.22. The largest absolute Gasteiger partial charge is 0.355 e. The lowest BCUT2D eigenvalue weighted by Crippen LogP contribution is -2.25. The first-order valence-electron chi connectivity index (χ1n) is 6.40. The van der Waals surface area contributed by atoms with Gasteiger partial charge in [-0.25, -0.2) is 9.50 Å². The van der Waals surface area contributed by atoms with Gasteiger partial charge in [0.1, 0.15) is 5.52 Å². The van der Waals surface area contributed by atoms with Gasteiger partial charge < -0.3 is 4.90 Å². The molecule has 4 nitrogen and oxygen atoms in total. The highest BCUT2D eigenvalue weighted by Gasteiger charge is 2.14. The monoisotopic (exact) mass is 230 g/mol. The summed E-state index contributed by atoms with van der Waals surface area (Å²) in [5, 5.41) is 4.44. The van der Waals surface area contributed by atoms with Gasteiger partial charge in [-0.15, -0.1) is 0 Å². The van der Waals surface area contributed by atoms with Gasteiger partial charge in [-0.2, -0.15) is 5.10 Å². The normalized spacial score (nSPS) is 17.4. The Bertz CT molecular complexity index is 509. The molecule has 0 bridgehead atoms. The lowest BCUT2D eigenvalue weighted by molar-refractivity contribution is 0.726. The first kappa shape index (κ1) is 10.6. The van der Waals surface area contributed by atoms with Crippen molar-refractivity contribution >= 4 is 11.3 Å². The Morgan fingerprint density at radius 3 is 2.65 bits per heavy atom. The van der Waals surface area contributed by atoms with E-state index in [4.69, 9.17) is 0 Å². The van der Waals surface area contributed by atoms with Gasteiger partial charge in [0.2, 0.25) is 0 Å². The summed E-state index contributed by atoms with van der Waals surface area (Å²) in [6.07, 6.45) is 9.00. The molecule has 1 fully saturated rings. The van der Waals surface area contributed by atoms with Crippen molar-refractivity contribution in [1.82, 2.24) is 14.6 Å². The van der Waals surface area contributed by atoms with Crippen molar-refractivity contribution < 1.29 is 0 Å². The highest BCUT2D eigenvalue weighted by molar-refractivity contribution is 5.69. The van der Waals surface area contributed by atoms with Gasteiger partial charge in [0.05, 0.1) is 5.69 Å². The molecule has 0 amide bonds. The molecule has 0 atom stereocenters. The molecule has 2 aromatic heterocycles. The molecule has 1 aliphatic rings. The molecule has 17 heavy (non-hydrogen) atoms. The second-order valence-electron chi connectivity index (χ2n) is 4.77. The number of hydrogen-bond acceptors (Lipinski definition) is 3. The fraction of sp³-hybridized carbons (Fsp3) is 0.538. The minimum absolute atomic E-state index is 1.05. The molecular weight excluding hydrogens is 212 g/mol. The van der Waals surface area contributed by atoms with E-state index in [1.54, 1.807) is 0 Å². The van der Waals surface area contributed by atoms with Crippen molar-refractivity contribution in [2.75, 3.05) is 18.0 Å². The summed E-state index contributed by atoms with van der Waals surface area (Å²) >= 11 is 0. The van der Waals surface area contributed by atoms with Crippen LogP contribution in [0.5, 0.6) is 0 Å². The van der Waals surface area contributed by atoms with Crippen molar-refractivity contribution in [3.05, 3.63) is 24.2 Å². The molecule has 3 rings (SSSR count). The maximum atomic E-state index is 4.55. The molecule has 3 heterocycles. The fourth-order valence-corrected chi connectivity index (χ4v) is 2.56. The van der Waals surface area contributed by atoms with Gasteiger partial charge in [-0.05, 0) is 25.8 Å². The maximum absolute atomic E-state index is 4.55. The van der Waals surface area contributed by atoms with E-state index in [9.17, 15) is 0 Å². The predicted molar refractivity (Wildman–Crippen MR) is 68.4 cm³/mol. The third-order valence-electron chi connectivity index (χ3n) is 3.40. The van der Waals surface area contributed by atoms with Crippen LogP contribution in [0.15, 0.2) is 18.5 Å². The van der Waals surface area contributed by atoms with Crippen LogP contribution in [-0.4, -0.2) is 27.7 Å². The average Bonchev–Trinajstić information content (AvgIpc) is 2.55. The molecule has 90 valence electrons. The van der Waals surface area contributed by atoms with Gasteiger partial charge >= 0.3 is 0 Å². The first-order chi connectivity index (χ1) is 8.34. The third-order valence-corrected chi connectivity index (χ3v) is 3.40. The Kier molecular flexibility index (Phi) is 2.71.